The van der Waals surface area contributed by atoms with Gasteiger partial charge in [-0.15, -0.1) is 0 Å². The van der Waals surface area contributed by atoms with Crippen molar-refractivity contribution < 1.29 is 19.1 Å². The number of aryl methyl sites for hydroxylation is 1. The molecule has 0 fully saturated rings. The zero-order chi connectivity index (χ0) is 20.3. The number of anilines is 1. The molecule has 28 heavy (non-hydrogen) atoms. The van der Waals surface area contributed by atoms with Crippen LogP contribution in [-0.2, 0) is 11.8 Å². The Morgan fingerprint density at radius 3 is 2.61 bits per heavy atom. The highest BCUT2D eigenvalue weighted by Gasteiger charge is 2.17. The lowest BCUT2D eigenvalue weighted by molar-refractivity contribution is 0.0526. The molecule has 0 radical (unpaired) electrons. The zero-order valence-electron chi connectivity index (χ0n) is 15.8. The summed E-state index contributed by atoms with van der Waals surface area (Å²) >= 11 is 0. The normalized spacial score (nSPS) is 10.5. The average Bonchev–Trinajstić information content (AvgIpc) is 2.70. The highest BCUT2D eigenvalue weighted by molar-refractivity contribution is 6.06. The number of hydrogen-bond acceptors (Lipinski definition) is 5. The monoisotopic (exact) mass is 380 g/mol. The van der Waals surface area contributed by atoms with Gasteiger partial charge in [0.05, 0.1) is 30.2 Å². The topological polar surface area (TPSA) is 86.6 Å². The molecule has 1 amide bonds. The van der Waals surface area contributed by atoms with Gasteiger partial charge in [0.15, 0.2) is 0 Å². The fourth-order valence-electron chi connectivity index (χ4n) is 2.99. The van der Waals surface area contributed by atoms with Crippen LogP contribution in [0, 0.1) is 0 Å². The lowest BCUT2D eigenvalue weighted by Crippen LogP contribution is -2.23. The van der Waals surface area contributed by atoms with E-state index in [1.807, 2.05) is 0 Å². The number of nitrogens with zero attached hydrogens (tertiary/aromatic N) is 1. The first-order valence-electron chi connectivity index (χ1n) is 8.71. The van der Waals surface area contributed by atoms with Crippen molar-refractivity contribution in [2.75, 3.05) is 19.0 Å². The number of amides is 1. The van der Waals surface area contributed by atoms with E-state index >= 15 is 0 Å². The molecule has 0 saturated heterocycles. The molecule has 2 aromatic carbocycles. The number of ether oxygens (including phenoxy) is 2. The van der Waals surface area contributed by atoms with E-state index in [0.29, 0.717) is 27.9 Å². The van der Waals surface area contributed by atoms with Crippen molar-refractivity contribution in [3.05, 3.63) is 70.0 Å². The molecule has 0 aliphatic carbocycles. The molecule has 0 aliphatic heterocycles. The highest BCUT2D eigenvalue weighted by Crippen LogP contribution is 2.23. The Balaban J connectivity index is 1.97. The number of hydrogen-bond donors (Lipinski definition) is 1. The number of rotatable bonds is 5. The summed E-state index contributed by atoms with van der Waals surface area (Å²) in [6, 6.07) is 11.5. The number of pyridine rings is 1. The summed E-state index contributed by atoms with van der Waals surface area (Å²) in [5.74, 6) is -0.496. The Kier molecular flexibility index (Phi) is 5.44. The summed E-state index contributed by atoms with van der Waals surface area (Å²) in [5.41, 5.74) is 0.908. The molecule has 7 heteroatoms. The minimum atomic E-state index is -0.564. The molecular weight excluding hydrogens is 360 g/mol. The van der Waals surface area contributed by atoms with Crippen LogP contribution in [0.25, 0.3) is 10.9 Å². The molecule has 0 unspecified atom stereocenters. The Bertz CT molecular complexity index is 1120. The maximum Gasteiger partial charge on any atom is 0.338 e. The van der Waals surface area contributed by atoms with Gasteiger partial charge in [-0.1, -0.05) is 12.1 Å². The largest absolute Gasteiger partial charge is 0.495 e. The van der Waals surface area contributed by atoms with E-state index in [4.69, 9.17) is 9.47 Å². The third-order valence-electron chi connectivity index (χ3n) is 4.26. The van der Waals surface area contributed by atoms with Crippen molar-refractivity contribution in [2.45, 2.75) is 6.92 Å². The number of aromatic nitrogens is 1. The summed E-state index contributed by atoms with van der Waals surface area (Å²) in [6.45, 7) is 1.97. The van der Waals surface area contributed by atoms with E-state index in [9.17, 15) is 14.4 Å². The molecule has 0 atom stereocenters. The molecule has 7 nitrogen and oxygen atoms in total. The number of nitrogens with one attached hydrogen (secondary N) is 1. The average molecular weight is 380 g/mol. The summed E-state index contributed by atoms with van der Waals surface area (Å²) in [7, 11) is 3.26. The molecule has 3 rings (SSSR count). The zero-order valence-corrected chi connectivity index (χ0v) is 15.8. The minimum absolute atomic E-state index is 0.00945. The van der Waals surface area contributed by atoms with Gasteiger partial charge in [0.25, 0.3) is 5.91 Å². The van der Waals surface area contributed by atoms with Gasteiger partial charge in [0.1, 0.15) is 11.3 Å². The maximum absolute atomic E-state index is 12.8. The molecule has 3 aromatic rings. The van der Waals surface area contributed by atoms with E-state index in [1.54, 1.807) is 54.9 Å². The number of methoxy groups -OCH3 is 1. The van der Waals surface area contributed by atoms with Gasteiger partial charge in [-0.2, -0.15) is 0 Å². The first-order valence-corrected chi connectivity index (χ1v) is 8.71. The van der Waals surface area contributed by atoms with Crippen LogP contribution in [-0.4, -0.2) is 30.2 Å². The standard InChI is InChI=1S/C21H20N2O5/c1-4-28-21(26)13-7-5-8-14(11-13)22-20(25)16-12-23(2)18-15(19(16)24)9-6-10-17(18)27-3/h5-12H,4H2,1-3H3,(H,22,25). The van der Waals surface area contributed by atoms with Gasteiger partial charge in [0, 0.05) is 18.9 Å². The van der Waals surface area contributed by atoms with Crippen molar-refractivity contribution in [3.8, 4) is 5.75 Å². The van der Waals surface area contributed by atoms with Crippen LogP contribution in [0.4, 0.5) is 5.69 Å². The van der Waals surface area contributed by atoms with Gasteiger partial charge in [-0.05, 0) is 37.3 Å². The SMILES string of the molecule is CCOC(=O)c1cccc(NC(=O)c2cn(C)c3c(OC)cccc3c2=O)c1. The molecule has 1 aromatic heterocycles. The smallest absolute Gasteiger partial charge is 0.338 e. The predicted octanol–water partition coefficient (Wildman–Crippen LogP) is 2.98. The third kappa shape index (κ3) is 3.59. The van der Waals surface area contributed by atoms with E-state index in [1.165, 1.54) is 19.4 Å². The maximum atomic E-state index is 12.8. The van der Waals surface area contributed by atoms with E-state index < -0.39 is 17.3 Å². The van der Waals surface area contributed by atoms with Crippen molar-refractivity contribution in [1.29, 1.82) is 0 Å². The van der Waals surface area contributed by atoms with Crippen LogP contribution in [0.3, 0.4) is 0 Å². The Morgan fingerprint density at radius 2 is 1.89 bits per heavy atom. The number of fused-ring (bicyclic) bond motifs is 1. The van der Waals surface area contributed by atoms with E-state index in [2.05, 4.69) is 5.32 Å². The van der Waals surface area contributed by atoms with Crippen LogP contribution in [0.2, 0.25) is 0 Å². The van der Waals surface area contributed by atoms with Gasteiger partial charge >= 0.3 is 5.97 Å². The predicted molar refractivity (Wildman–Crippen MR) is 106 cm³/mol. The van der Waals surface area contributed by atoms with Crippen molar-refractivity contribution >= 4 is 28.5 Å². The molecule has 0 aliphatic rings. The number of carbonyl (C=O) groups is 2. The van der Waals surface area contributed by atoms with Crippen LogP contribution in [0.1, 0.15) is 27.6 Å². The molecule has 144 valence electrons. The van der Waals surface area contributed by atoms with E-state index in [0.717, 1.165) is 0 Å². The van der Waals surface area contributed by atoms with Gasteiger partial charge in [-0.25, -0.2) is 4.79 Å². The third-order valence-corrected chi connectivity index (χ3v) is 4.26. The first-order chi connectivity index (χ1) is 13.5. The van der Waals surface area contributed by atoms with Crippen molar-refractivity contribution in [2.24, 2.45) is 7.05 Å². The molecule has 0 bridgehead atoms. The van der Waals surface area contributed by atoms with E-state index in [-0.39, 0.29) is 12.2 Å². The van der Waals surface area contributed by atoms with Gasteiger partial charge < -0.3 is 19.4 Å². The molecule has 1 N–H and O–H groups in total. The highest BCUT2D eigenvalue weighted by atomic mass is 16.5. The fourth-order valence-corrected chi connectivity index (χ4v) is 2.99. The molecule has 0 saturated carbocycles. The number of esters is 1. The van der Waals surface area contributed by atoms with Crippen LogP contribution in [0.15, 0.2) is 53.5 Å². The summed E-state index contributed by atoms with van der Waals surface area (Å²) in [6.07, 6.45) is 1.47. The lowest BCUT2D eigenvalue weighted by Gasteiger charge is -2.12. The van der Waals surface area contributed by atoms with Gasteiger partial charge in [0.2, 0.25) is 5.43 Å². The number of para-hydroxylation sites is 1. The minimum Gasteiger partial charge on any atom is -0.495 e. The van der Waals surface area contributed by atoms with Crippen LogP contribution < -0.4 is 15.5 Å². The Hall–Kier alpha value is -3.61. The number of carbonyl (C=O) groups excluding carboxylic acids is 2. The quantitative estimate of drug-likeness (QED) is 0.688. The Morgan fingerprint density at radius 1 is 1.14 bits per heavy atom. The van der Waals surface area contributed by atoms with Crippen molar-refractivity contribution in [3.63, 3.8) is 0 Å². The molecule has 1 heterocycles. The summed E-state index contributed by atoms with van der Waals surface area (Å²) in [4.78, 5) is 37.4. The molecule has 0 spiro atoms. The van der Waals surface area contributed by atoms with Crippen molar-refractivity contribution in [1.82, 2.24) is 4.57 Å². The Labute approximate surface area is 161 Å². The summed E-state index contributed by atoms with van der Waals surface area (Å²) in [5, 5.41) is 3.05. The fraction of sp³-hybridized carbons (Fsp3) is 0.190. The summed E-state index contributed by atoms with van der Waals surface area (Å²) < 4.78 is 12.0. The second kappa shape index (κ2) is 7.96. The van der Waals surface area contributed by atoms with Crippen LogP contribution in [0.5, 0.6) is 5.75 Å². The number of benzene rings is 2. The van der Waals surface area contributed by atoms with Crippen LogP contribution >= 0.6 is 0 Å². The first kappa shape index (κ1) is 19.2. The second-order valence-electron chi connectivity index (χ2n) is 6.09. The van der Waals surface area contributed by atoms with Gasteiger partial charge in [-0.3, -0.25) is 9.59 Å². The molecular formula is C21H20N2O5. The second-order valence-corrected chi connectivity index (χ2v) is 6.09. The lowest BCUT2D eigenvalue weighted by atomic mass is 10.1.